The van der Waals surface area contributed by atoms with Crippen molar-refractivity contribution >= 4 is 0 Å². The largest absolute Gasteiger partial charge is 0.0991 e. The fourth-order valence-electron chi connectivity index (χ4n) is 1.52. The highest BCUT2D eigenvalue weighted by Crippen LogP contribution is 2.09. The maximum atomic E-state index is 3.85. The molecule has 0 heterocycles. The van der Waals surface area contributed by atoms with Crippen LogP contribution >= 0.6 is 0 Å². The molecule has 0 amide bonds. The number of rotatable bonds is 10. The minimum absolute atomic E-state index is 1.10. The van der Waals surface area contributed by atoms with Crippen LogP contribution < -0.4 is 0 Å². The van der Waals surface area contributed by atoms with Crippen molar-refractivity contribution in [1.29, 1.82) is 0 Å². The van der Waals surface area contributed by atoms with Crippen LogP contribution in [0.25, 0.3) is 0 Å². The summed E-state index contributed by atoms with van der Waals surface area (Å²) in [4.78, 5) is 0. The number of unbranched alkanes of at least 4 members (excludes halogenated alkanes) is 8. The molecule has 0 aliphatic carbocycles. The third kappa shape index (κ3) is 11.5. The third-order valence-corrected chi connectivity index (χ3v) is 2.39. The van der Waals surface area contributed by atoms with Gasteiger partial charge in [0.15, 0.2) is 0 Å². The molecule has 14 heavy (non-hydrogen) atoms. The van der Waals surface area contributed by atoms with E-state index in [1.807, 2.05) is 12.2 Å². The summed E-state index contributed by atoms with van der Waals surface area (Å²) in [6, 6.07) is 0. The Balaban J connectivity index is 2.91. The molecule has 0 heteroatoms. The Bertz CT molecular complexity index is 133. The lowest BCUT2D eigenvalue weighted by Crippen LogP contribution is -1.79. The second kappa shape index (κ2) is 12.5. The van der Waals surface area contributed by atoms with Gasteiger partial charge in [0.05, 0.1) is 0 Å². The smallest absolute Gasteiger partial charge is 0.0348 e. The van der Waals surface area contributed by atoms with Crippen LogP contribution in [-0.2, 0) is 0 Å². The van der Waals surface area contributed by atoms with Gasteiger partial charge in [-0.05, 0) is 12.8 Å². The van der Waals surface area contributed by atoms with Gasteiger partial charge in [0.2, 0.25) is 0 Å². The zero-order chi connectivity index (χ0) is 10.5. The van der Waals surface area contributed by atoms with Gasteiger partial charge in [-0.2, -0.15) is 0 Å². The van der Waals surface area contributed by atoms with Gasteiger partial charge in [-0.25, -0.2) is 0 Å². The summed E-state index contributed by atoms with van der Waals surface area (Å²) in [6.07, 6.45) is 18.0. The van der Waals surface area contributed by atoms with E-state index < -0.39 is 0 Å². The normalized spacial score (nSPS) is 10.9. The van der Waals surface area contributed by atoms with E-state index >= 15 is 0 Å². The molecular weight excluding hydrogens is 168 g/mol. The summed E-state index contributed by atoms with van der Waals surface area (Å²) in [7, 11) is 0. The van der Waals surface area contributed by atoms with Crippen LogP contribution in [0.4, 0.5) is 0 Å². The van der Waals surface area contributed by atoms with Gasteiger partial charge < -0.3 is 0 Å². The molecule has 0 aliphatic rings. The first-order chi connectivity index (χ1) is 6.91. The Morgan fingerprint density at radius 1 is 0.786 bits per heavy atom. The second-order valence-electron chi connectivity index (χ2n) is 3.78. The second-order valence-corrected chi connectivity index (χ2v) is 3.78. The van der Waals surface area contributed by atoms with Gasteiger partial charge in [0, 0.05) is 0 Å². The Morgan fingerprint density at radius 3 is 1.93 bits per heavy atom. The highest BCUT2D eigenvalue weighted by atomic mass is 14.0. The quantitative estimate of drug-likeness (QED) is 0.335. The maximum Gasteiger partial charge on any atom is -0.0348 e. The third-order valence-electron chi connectivity index (χ3n) is 2.39. The molecule has 0 aromatic rings. The molecule has 0 aromatic heterocycles. The van der Waals surface area contributed by atoms with Crippen molar-refractivity contribution in [1.82, 2.24) is 0 Å². The monoisotopic (exact) mass is 193 g/mol. The minimum atomic E-state index is 1.10. The lowest BCUT2D eigenvalue weighted by Gasteiger charge is -1.99. The molecule has 81 valence electrons. The fourth-order valence-corrected chi connectivity index (χ4v) is 1.52. The van der Waals surface area contributed by atoms with Crippen molar-refractivity contribution < 1.29 is 0 Å². The van der Waals surface area contributed by atoms with Crippen LogP contribution in [0.3, 0.4) is 0 Å². The van der Waals surface area contributed by atoms with Gasteiger partial charge in [0.25, 0.3) is 0 Å². The minimum Gasteiger partial charge on any atom is -0.0991 e. The van der Waals surface area contributed by atoms with Crippen LogP contribution in [-0.4, -0.2) is 0 Å². The lowest BCUT2D eigenvalue weighted by molar-refractivity contribution is 0.583. The molecule has 0 saturated carbocycles. The Kier molecular flexibility index (Phi) is 12.0. The summed E-state index contributed by atoms with van der Waals surface area (Å²) in [5, 5.41) is 0. The summed E-state index contributed by atoms with van der Waals surface area (Å²) in [6.45, 7) is 7.49. The number of allylic oxidation sites excluding steroid dienone is 3. The molecule has 0 atom stereocenters. The van der Waals surface area contributed by atoms with Crippen LogP contribution in [0.1, 0.15) is 57.8 Å². The Morgan fingerprint density at radius 2 is 1.36 bits per heavy atom. The van der Waals surface area contributed by atoms with E-state index in [-0.39, 0.29) is 0 Å². The molecule has 0 spiro atoms. The summed E-state index contributed by atoms with van der Waals surface area (Å²) in [5.41, 5.74) is 0. The van der Waals surface area contributed by atoms with Gasteiger partial charge in [-0.3, -0.25) is 0 Å². The van der Waals surface area contributed by atoms with E-state index in [0.717, 1.165) is 6.42 Å². The van der Waals surface area contributed by atoms with Gasteiger partial charge in [-0.15, -0.1) is 0 Å². The molecule has 0 rings (SSSR count). The first-order valence-electron chi connectivity index (χ1n) is 5.98. The molecule has 0 fully saturated rings. The molecular formula is C14H25. The van der Waals surface area contributed by atoms with Crippen molar-refractivity contribution in [2.75, 3.05) is 0 Å². The van der Waals surface area contributed by atoms with Crippen molar-refractivity contribution in [2.45, 2.75) is 57.8 Å². The zero-order valence-corrected chi connectivity index (χ0v) is 9.51. The summed E-state index contributed by atoms with van der Waals surface area (Å²) >= 11 is 0. The van der Waals surface area contributed by atoms with Gasteiger partial charge >= 0.3 is 0 Å². The van der Waals surface area contributed by atoms with Gasteiger partial charge in [-0.1, -0.05) is 76.7 Å². The average molecular weight is 193 g/mol. The van der Waals surface area contributed by atoms with E-state index in [1.54, 1.807) is 0 Å². The van der Waals surface area contributed by atoms with Gasteiger partial charge in [0.1, 0.15) is 0 Å². The van der Waals surface area contributed by atoms with Crippen LogP contribution in [0.15, 0.2) is 24.8 Å². The first-order valence-corrected chi connectivity index (χ1v) is 5.98. The molecule has 0 N–H and O–H groups in total. The molecule has 1 radical (unpaired) electrons. The highest BCUT2D eigenvalue weighted by molar-refractivity contribution is 4.96. The summed E-state index contributed by atoms with van der Waals surface area (Å²) in [5.74, 6) is 0. The topological polar surface area (TPSA) is 0 Å². The summed E-state index contributed by atoms with van der Waals surface area (Å²) < 4.78 is 0. The van der Waals surface area contributed by atoms with Crippen LogP contribution in [0.5, 0.6) is 0 Å². The molecule has 0 saturated heterocycles. The predicted octanol–water partition coefficient (Wildman–Crippen LogP) is 5.07. The highest BCUT2D eigenvalue weighted by Gasteiger charge is 1.89. The standard InChI is InChI=1S/C14H25/c1-3-5-7-9-11-13-14-12-10-8-6-4-2/h3,5,7H,1-2,4,6,8-14H2. The maximum absolute atomic E-state index is 3.85. The Labute approximate surface area is 90.1 Å². The van der Waals surface area contributed by atoms with E-state index in [2.05, 4.69) is 19.6 Å². The van der Waals surface area contributed by atoms with E-state index in [1.165, 1.54) is 51.4 Å². The molecule has 0 bridgehead atoms. The first kappa shape index (κ1) is 13.5. The van der Waals surface area contributed by atoms with Crippen molar-refractivity contribution in [3.05, 3.63) is 31.7 Å². The molecule has 0 unspecified atom stereocenters. The van der Waals surface area contributed by atoms with Crippen molar-refractivity contribution in [3.8, 4) is 0 Å². The number of hydrogen-bond acceptors (Lipinski definition) is 0. The molecule has 0 aliphatic heterocycles. The Hall–Kier alpha value is -0.520. The van der Waals surface area contributed by atoms with Crippen LogP contribution in [0, 0.1) is 6.92 Å². The van der Waals surface area contributed by atoms with E-state index in [9.17, 15) is 0 Å². The SMILES string of the molecule is [CH2]CCCCCCCCCC=CC=C. The fraction of sp³-hybridized carbons (Fsp3) is 0.643. The molecule has 0 nitrogen and oxygen atoms in total. The van der Waals surface area contributed by atoms with E-state index in [4.69, 9.17) is 0 Å². The van der Waals surface area contributed by atoms with E-state index in [0.29, 0.717) is 0 Å². The zero-order valence-electron chi connectivity index (χ0n) is 9.51. The predicted molar refractivity (Wildman–Crippen MR) is 66.2 cm³/mol. The van der Waals surface area contributed by atoms with Crippen molar-refractivity contribution in [3.63, 3.8) is 0 Å². The van der Waals surface area contributed by atoms with Crippen LogP contribution in [0.2, 0.25) is 0 Å². The number of hydrogen-bond donors (Lipinski definition) is 0. The van der Waals surface area contributed by atoms with Crippen molar-refractivity contribution in [2.24, 2.45) is 0 Å². The lowest BCUT2D eigenvalue weighted by atomic mass is 10.1. The average Bonchev–Trinajstić information content (AvgIpc) is 2.21. The molecule has 0 aromatic carbocycles.